The number of nitro groups is 1. The van der Waals surface area contributed by atoms with E-state index in [1.165, 1.54) is 12.3 Å². The van der Waals surface area contributed by atoms with Gasteiger partial charge in [-0.3, -0.25) is 14.9 Å². The first-order valence-electron chi connectivity index (χ1n) is 6.07. The van der Waals surface area contributed by atoms with Crippen LogP contribution in [-0.4, -0.2) is 15.8 Å². The summed E-state index contributed by atoms with van der Waals surface area (Å²) in [5.41, 5.74) is 1.95. The molecular weight excluding hydrogens is 338 g/mol. The van der Waals surface area contributed by atoms with E-state index in [-0.39, 0.29) is 17.3 Å². The van der Waals surface area contributed by atoms with Crippen molar-refractivity contribution in [3.05, 3.63) is 61.9 Å². The van der Waals surface area contributed by atoms with Crippen LogP contribution in [0.4, 0.5) is 11.4 Å². The molecule has 0 saturated heterocycles. The van der Waals surface area contributed by atoms with Crippen LogP contribution in [-0.2, 0) is 0 Å². The van der Waals surface area contributed by atoms with Crippen molar-refractivity contribution < 1.29 is 9.72 Å². The summed E-state index contributed by atoms with van der Waals surface area (Å²) >= 11 is 3.25. The topological polar surface area (TPSA) is 85.1 Å². The molecule has 1 aromatic carbocycles. The first-order chi connectivity index (χ1) is 9.88. The molecule has 1 aromatic heterocycles. The number of hydrogen-bond acceptors (Lipinski definition) is 4. The molecule has 0 radical (unpaired) electrons. The van der Waals surface area contributed by atoms with E-state index in [9.17, 15) is 14.9 Å². The van der Waals surface area contributed by atoms with Crippen LogP contribution in [0.2, 0.25) is 0 Å². The van der Waals surface area contributed by atoms with Gasteiger partial charge >= 0.3 is 0 Å². The molecule has 21 heavy (non-hydrogen) atoms. The fraction of sp³-hybridized carbons (Fsp3) is 0.143. The Balaban J connectivity index is 2.27. The Morgan fingerprint density at radius 2 is 2.00 bits per heavy atom. The van der Waals surface area contributed by atoms with Crippen molar-refractivity contribution in [2.45, 2.75) is 13.8 Å². The summed E-state index contributed by atoms with van der Waals surface area (Å²) in [6, 6.07) is 6.34. The number of rotatable bonds is 3. The van der Waals surface area contributed by atoms with Crippen LogP contribution in [0, 0.1) is 24.0 Å². The molecule has 7 heteroatoms. The van der Waals surface area contributed by atoms with E-state index >= 15 is 0 Å². The minimum absolute atomic E-state index is 0.0345. The maximum atomic E-state index is 12.1. The highest BCUT2D eigenvalue weighted by Crippen LogP contribution is 2.26. The van der Waals surface area contributed by atoms with Gasteiger partial charge in [-0.05, 0) is 53.5 Å². The number of pyridine rings is 1. The zero-order valence-electron chi connectivity index (χ0n) is 11.4. The van der Waals surface area contributed by atoms with Crippen molar-refractivity contribution in [2.75, 3.05) is 5.32 Å². The van der Waals surface area contributed by atoms with Crippen molar-refractivity contribution in [1.29, 1.82) is 0 Å². The number of nitrogens with zero attached hydrogens (tertiary/aromatic N) is 2. The molecule has 0 atom stereocenters. The van der Waals surface area contributed by atoms with E-state index in [1.807, 2.05) is 0 Å². The zero-order valence-corrected chi connectivity index (χ0v) is 13.0. The lowest BCUT2D eigenvalue weighted by atomic mass is 10.1. The number of benzene rings is 1. The fourth-order valence-corrected chi connectivity index (χ4v) is 2.06. The molecule has 0 aliphatic carbocycles. The van der Waals surface area contributed by atoms with Gasteiger partial charge in [0.1, 0.15) is 5.69 Å². The Bertz CT molecular complexity index is 714. The highest BCUT2D eigenvalue weighted by molar-refractivity contribution is 9.10. The van der Waals surface area contributed by atoms with Crippen molar-refractivity contribution in [3.8, 4) is 0 Å². The molecule has 0 saturated carbocycles. The van der Waals surface area contributed by atoms with E-state index in [0.29, 0.717) is 16.8 Å². The average Bonchev–Trinajstić information content (AvgIpc) is 2.42. The van der Waals surface area contributed by atoms with Crippen LogP contribution >= 0.6 is 15.9 Å². The van der Waals surface area contributed by atoms with Crippen molar-refractivity contribution in [1.82, 2.24) is 4.98 Å². The van der Waals surface area contributed by atoms with Gasteiger partial charge in [-0.1, -0.05) is 0 Å². The van der Waals surface area contributed by atoms with E-state index < -0.39 is 4.92 Å². The third-order valence-corrected chi connectivity index (χ3v) is 3.42. The second-order valence-corrected chi connectivity index (χ2v) is 5.44. The summed E-state index contributed by atoms with van der Waals surface area (Å²) in [7, 11) is 0. The van der Waals surface area contributed by atoms with Gasteiger partial charge in [0.2, 0.25) is 0 Å². The molecule has 0 aliphatic heterocycles. The van der Waals surface area contributed by atoms with E-state index in [2.05, 4.69) is 26.2 Å². The van der Waals surface area contributed by atoms with Gasteiger partial charge in [0.05, 0.1) is 4.92 Å². The molecule has 108 valence electrons. The highest BCUT2D eigenvalue weighted by Gasteiger charge is 2.15. The normalized spacial score (nSPS) is 10.2. The first-order valence-corrected chi connectivity index (χ1v) is 6.86. The van der Waals surface area contributed by atoms with Crippen LogP contribution in [0.15, 0.2) is 34.9 Å². The number of nitrogens with one attached hydrogen (secondary N) is 1. The van der Waals surface area contributed by atoms with Gasteiger partial charge in [0.15, 0.2) is 0 Å². The predicted octanol–water partition coefficient (Wildman–Crippen LogP) is 3.62. The number of aromatic nitrogens is 1. The number of nitro benzene ring substituents is 1. The molecule has 2 rings (SSSR count). The molecule has 2 aromatic rings. The van der Waals surface area contributed by atoms with Crippen LogP contribution < -0.4 is 5.32 Å². The quantitative estimate of drug-likeness (QED) is 0.677. The van der Waals surface area contributed by atoms with Gasteiger partial charge in [0, 0.05) is 28.0 Å². The summed E-state index contributed by atoms with van der Waals surface area (Å²) in [5.74, 6) is -0.362. The molecular formula is C14H12BrN3O3. The lowest BCUT2D eigenvalue weighted by Crippen LogP contribution is -2.14. The van der Waals surface area contributed by atoms with Gasteiger partial charge in [-0.15, -0.1) is 0 Å². The van der Waals surface area contributed by atoms with Gasteiger partial charge in [0.25, 0.3) is 11.6 Å². The van der Waals surface area contributed by atoms with Gasteiger partial charge in [-0.2, -0.15) is 0 Å². The third kappa shape index (κ3) is 3.43. The number of hydrogen-bond donors (Lipinski definition) is 1. The van der Waals surface area contributed by atoms with E-state index in [0.717, 1.165) is 4.47 Å². The monoisotopic (exact) mass is 349 g/mol. The summed E-state index contributed by atoms with van der Waals surface area (Å²) in [4.78, 5) is 26.5. The SMILES string of the molecule is Cc1cc([N+](=O)[O-])c(C)cc1NC(=O)c1ccc(Br)cn1. The molecule has 1 N–H and O–H groups in total. The lowest BCUT2D eigenvalue weighted by Gasteiger charge is -2.09. The summed E-state index contributed by atoms with van der Waals surface area (Å²) in [6.45, 7) is 3.34. The molecule has 6 nitrogen and oxygen atoms in total. The van der Waals surface area contributed by atoms with Crippen molar-refractivity contribution >= 4 is 33.2 Å². The number of halogens is 1. The molecule has 0 unspecified atom stereocenters. The summed E-state index contributed by atoms with van der Waals surface area (Å²) in [6.07, 6.45) is 1.53. The second kappa shape index (κ2) is 6.01. The van der Waals surface area contributed by atoms with E-state index in [1.54, 1.807) is 32.0 Å². The number of anilines is 1. The molecule has 1 heterocycles. The molecule has 0 spiro atoms. The van der Waals surface area contributed by atoms with Gasteiger partial charge in [-0.25, -0.2) is 4.98 Å². The highest BCUT2D eigenvalue weighted by atomic mass is 79.9. The van der Waals surface area contributed by atoms with Crippen LogP contribution in [0.25, 0.3) is 0 Å². The Kier molecular flexibility index (Phi) is 4.32. The minimum Gasteiger partial charge on any atom is -0.320 e. The predicted molar refractivity (Wildman–Crippen MR) is 82.5 cm³/mol. The van der Waals surface area contributed by atoms with Crippen LogP contribution in [0.1, 0.15) is 21.6 Å². The zero-order chi connectivity index (χ0) is 15.6. The molecule has 0 aliphatic rings. The van der Waals surface area contributed by atoms with Crippen LogP contribution in [0.3, 0.4) is 0 Å². The molecule has 0 bridgehead atoms. The smallest absolute Gasteiger partial charge is 0.274 e. The minimum atomic E-state index is -0.440. The lowest BCUT2D eigenvalue weighted by molar-refractivity contribution is -0.385. The number of carbonyl (C=O) groups excluding carboxylic acids is 1. The maximum absolute atomic E-state index is 12.1. The molecule has 1 amide bonds. The Morgan fingerprint density at radius 1 is 1.29 bits per heavy atom. The second-order valence-electron chi connectivity index (χ2n) is 4.53. The fourth-order valence-electron chi connectivity index (χ4n) is 1.83. The largest absolute Gasteiger partial charge is 0.320 e. The number of aryl methyl sites for hydroxylation is 2. The standard InChI is InChI=1S/C14H12BrN3O3/c1-8-6-13(18(20)21)9(2)5-12(8)17-14(19)11-4-3-10(15)7-16-11/h3-7H,1-2H3,(H,17,19). The number of carbonyl (C=O) groups is 1. The maximum Gasteiger partial charge on any atom is 0.274 e. The summed E-state index contributed by atoms with van der Waals surface area (Å²) < 4.78 is 0.779. The first kappa shape index (κ1) is 15.1. The van der Waals surface area contributed by atoms with Gasteiger partial charge < -0.3 is 5.32 Å². The van der Waals surface area contributed by atoms with E-state index in [4.69, 9.17) is 0 Å². The Morgan fingerprint density at radius 3 is 2.57 bits per heavy atom. The summed E-state index contributed by atoms with van der Waals surface area (Å²) in [5, 5.41) is 13.6. The Labute approximate surface area is 129 Å². The Hall–Kier alpha value is -2.28. The average molecular weight is 350 g/mol. The van der Waals surface area contributed by atoms with Crippen molar-refractivity contribution in [2.24, 2.45) is 0 Å². The third-order valence-electron chi connectivity index (χ3n) is 2.95. The molecule has 0 fully saturated rings. The van der Waals surface area contributed by atoms with Crippen molar-refractivity contribution in [3.63, 3.8) is 0 Å². The van der Waals surface area contributed by atoms with Crippen LogP contribution in [0.5, 0.6) is 0 Å². The number of amides is 1.